The number of aromatic nitrogens is 2. The summed E-state index contributed by atoms with van der Waals surface area (Å²) < 4.78 is 31.1. The number of amides is 1. The summed E-state index contributed by atoms with van der Waals surface area (Å²) in [5.74, 6) is 0. The van der Waals surface area contributed by atoms with Crippen molar-refractivity contribution >= 4 is 6.09 Å². The second-order valence-corrected chi connectivity index (χ2v) is 5.23. The van der Waals surface area contributed by atoms with Gasteiger partial charge in [-0.1, -0.05) is 0 Å². The summed E-state index contributed by atoms with van der Waals surface area (Å²) in [6.07, 6.45) is -0.300. The molecule has 7 heteroatoms. The van der Waals surface area contributed by atoms with Gasteiger partial charge in [0.05, 0.1) is 30.8 Å². The predicted molar refractivity (Wildman–Crippen MR) is 66.0 cm³/mol. The second-order valence-electron chi connectivity index (χ2n) is 5.23. The Balaban J connectivity index is 2.65. The fraction of sp³-hybridized carbons (Fsp3) is 0.667. The molecule has 0 saturated carbocycles. The van der Waals surface area contributed by atoms with E-state index in [0.717, 1.165) is 0 Å². The smallest absolute Gasteiger partial charge is 0.408 e. The van der Waals surface area contributed by atoms with E-state index in [1.165, 1.54) is 17.1 Å². The summed E-state index contributed by atoms with van der Waals surface area (Å²) in [4.78, 5) is 15.4. The fourth-order valence-electron chi connectivity index (χ4n) is 1.55. The first-order chi connectivity index (χ1) is 8.69. The van der Waals surface area contributed by atoms with Crippen LogP contribution in [0.5, 0.6) is 0 Å². The maximum absolute atomic E-state index is 12.4. The minimum absolute atomic E-state index is 0.449. The van der Waals surface area contributed by atoms with Gasteiger partial charge in [0, 0.05) is 0 Å². The summed E-state index contributed by atoms with van der Waals surface area (Å²) in [7, 11) is 0. The number of hydrogen-bond donors (Lipinski definition) is 1. The lowest BCUT2D eigenvalue weighted by Gasteiger charge is -2.22. The fourth-order valence-corrected chi connectivity index (χ4v) is 1.55. The number of nitrogens with one attached hydrogen (secondary N) is 1. The summed E-state index contributed by atoms with van der Waals surface area (Å²) in [5, 5.41) is 2.59. The quantitative estimate of drug-likeness (QED) is 0.919. The lowest BCUT2D eigenvalue weighted by atomic mass is 10.2. The molecule has 1 amide bonds. The molecule has 0 aliphatic rings. The third-order valence-electron chi connectivity index (χ3n) is 2.26. The highest BCUT2D eigenvalue weighted by Crippen LogP contribution is 2.15. The molecule has 0 aromatic carbocycles. The molecule has 1 N–H and O–H groups in total. The molecule has 1 aromatic heterocycles. The summed E-state index contributed by atoms with van der Waals surface area (Å²) in [5.41, 5.74) is -0.0984. The van der Waals surface area contributed by atoms with Gasteiger partial charge in [-0.2, -0.15) is 0 Å². The van der Waals surface area contributed by atoms with Gasteiger partial charge in [0.1, 0.15) is 5.60 Å². The van der Waals surface area contributed by atoms with Crippen LogP contribution in [0.1, 0.15) is 39.4 Å². The van der Waals surface area contributed by atoms with E-state index in [9.17, 15) is 13.6 Å². The van der Waals surface area contributed by atoms with Crippen LogP contribution in [0, 0.1) is 0 Å². The van der Waals surface area contributed by atoms with Crippen molar-refractivity contribution in [3.63, 3.8) is 0 Å². The number of ether oxygens (including phenoxy) is 1. The third-order valence-corrected chi connectivity index (χ3v) is 2.26. The number of rotatable bonds is 4. The number of halogens is 2. The van der Waals surface area contributed by atoms with E-state index in [4.69, 9.17) is 4.74 Å². The Kier molecular flexibility index (Phi) is 4.85. The summed E-state index contributed by atoms with van der Waals surface area (Å²) >= 11 is 0. The molecule has 1 aromatic rings. The van der Waals surface area contributed by atoms with Crippen LogP contribution in [0.15, 0.2) is 12.5 Å². The molecule has 0 saturated heterocycles. The molecule has 0 unspecified atom stereocenters. The average molecular weight is 275 g/mol. The molecule has 0 bridgehead atoms. The van der Waals surface area contributed by atoms with E-state index in [-0.39, 0.29) is 0 Å². The Labute approximate surface area is 111 Å². The van der Waals surface area contributed by atoms with Crippen LogP contribution in [0.3, 0.4) is 0 Å². The van der Waals surface area contributed by atoms with Crippen molar-refractivity contribution < 1.29 is 18.3 Å². The molecule has 1 rings (SSSR count). The molecule has 1 heterocycles. The maximum Gasteiger partial charge on any atom is 0.408 e. The molecular formula is C12H19F2N3O2. The number of alkyl carbamates (subject to hydrolysis) is 1. The van der Waals surface area contributed by atoms with Crippen LogP contribution in [-0.2, 0) is 11.3 Å². The van der Waals surface area contributed by atoms with Crippen LogP contribution in [0.25, 0.3) is 0 Å². The molecule has 0 aliphatic heterocycles. The van der Waals surface area contributed by atoms with Gasteiger partial charge in [-0.05, 0) is 27.7 Å². The normalized spacial score (nSPS) is 13.4. The van der Waals surface area contributed by atoms with E-state index >= 15 is 0 Å². The van der Waals surface area contributed by atoms with Crippen LogP contribution < -0.4 is 5.32 Å². The second kappa shape index (κ2) is 5.99. The van der Waals surface area contributed by atoms with E-state index < -0.39 is 30.7 Å². The maximum atomic E-state index is 12.4. The highest BCUT2D eigenvalue weighted by atomic mass is 19.3. The van der Waals surface area contributed by atoms with Crippen molar-refractivity contribution in [1.82, 2.24) is 14.9 Å². The van der Waals surface area contributed by atoms with Crippen LogP contribution in [0.4, 0.5) is 13.6 Å². The minimum Gasteiger partial charge on any atom is -0.444 e. The van der Waals surface area contributed by atoms with Crippen molar-refractivity contribution in [3.05, 3.63) is 18.2 Å². The van der Waals surface area contributed by atoms with Crippen LogP contribution in [0.2, 0.25) is 0 Å². The molecule has 0 aliphatic carbocycles. The molecule has 0 radical (unpaired) electrons. The Bertz CT molecular complexity index is 427. The van der Waals surface area contributed by atoms with E-state index in [2.05, 4.69) is 10.3 Å². The molecule has 0 spiro atoms. The first-order valence-electron chi connectivity index (χ1n) is 5.96. The van der Waals surface area contributed by atoms with Gasteiger partial charge in [0.15, 0.2) is 0 Å². The van der Waals surface area contributed by atoms with Crippen molar-refractivity contribution in [2.24, 2.45) is 0 Å². The Hall–Kier alpha value is -1.66. The Morgan fingerprint density at radius 3 is 2.68 bits per heavy atom. The predicted octanol–water partition coefficient (Wildman–Crippen LogP) is 2.73. The third kappa shape index (κ3) is 5.23. The summed E-state index contributed by atoms with van der Waals surface area (Å²) in [6.45, 7) is 6.48. The number of carbonyl (C=O) groups is 1. The molecular weight excluding hydrogens is 256 g/mol. The van der Waals surface area contributed by atoms with Crippen molar-refractivity contribution in [3.8, 4) is 0 Å². The molecule has 5 nitrogen and oxygen atoms in total. The highest BCUT2D eigenvalue weighted by molar-refractivity contribution is 5.68. The SMILES string of the molecule is C[C@H](NC(=O)OC(C)(C)C)c1cncn1CC(F)F. The van der Waals surface area contributed by atoms with Crippen molar-refractivity contribution in [1.29, 1.82) is 0 Å². The zero-order valence-electron chi connectivity index (χ0n) is 11.5. The monoisotopic (exact) mass is 275 g/mol. The van der Waals surface area contributed by atoms with E-state index in [0.29, 0.717) is 5.69 Å². The first-order valence-corrected chi connectivity index (χ1v) is 5.96. The van der Waals surface area contributed by atoms with Crippen molar-refractivity contribution in [2.45, 2.75) is 52.3 Å². The van der Waals surface area contributed by atoms with E-state index in [1.807, 2.05) is 0 Å². The standard InChI is InChI=1S/C12H19F2N3O2/c1-8(16-11(18)19-12(2,3)4)9-5-15-7-17(9)6-10(13)14/h5,7-8,10H,6H2,1-4H3,(H,16,18)/t8-/m0/s1. The molecule has 0 fully saturated rings. The van der Waals surface area contributed by atoms with Crippen LogP contribution >= 0.6 is 0 Å². The average Bonchev–Trinajstić information content (AvgIpc) is 2.61. The van der Waals surface area contributed by atoms with Gasteiger partial charge in [-0.3, -0.25) is 0 Å². The van der Waals surface area contributed by atoms with Crippen molar-refractivity contribution in [2.75, 3.05) is 0 Å². The first kappa shape index (κ1) is 15.4. The van der Waals surface area contributed by atoms with Gasteiger partial charge >= 0.3 is 6.09 Å². The number of carbonyl (C=O) groups excluding carboxylic acids is 1. The van der Waals surface area contributed by atoms with Gasteiger partial charge in [0.25, 0.3) is 6.43 Å². The number of alkyl halides is 2. The van der Waals surface area contributed by atoms with Gasteiger partial charge in [-0.15, -0.1) is 0 Å². The number of hydrogen-bond acceptors (Lipinski definition) is 3. The minimum atomic E-state index is -2.47. The van der Waals surface area contributed by atoms with Gasteiger partial charge < -0.3 is 14.6 Å². The lowest BCUT2D eigenvalue weighted by Crippen LogP contribution is -2.34. The molecule has 1 atom stereocenters. The topological polar surface area (TPSA) is 56.1 Å². The van der Waals surface area contributed by atoms with Gasteiger partial charge in [-0.25, -0.2) is 18.6 Å². The lowest BCUT2D eigenvalue weighted by molar-refractivity contribution is 0.0505. The Morgan fingerprint density at radius 1 is 1.53 bits per heavy atom. The summed E-state index contributed by atoms with van der Waals surface area (Å²) in [6, 6.07) is -0.462. The molecule has 19 heavy (non-hydrogen) atoms. The largest absolute Gasteiger partial charge is 0.444 e. The zero-order chi connectivity index (χ0) is 14.6. The number of nitrogens with zero attached hydrogens (tertiary/aromatic N) is 2. The van der Waals surface area contributed by atoms with Gasteiger partial charge in [0.2, 0.25) is 0 Å². The van der Waals surface area contributed by atoms with Crippen LogP contribution in [-0.4, -0.2) is 27.7 Å². The number of imidazole rings is 1. The molecule has 108 valence electrons. The van der Waals surface area contributed by atoms with E-state index in [1.54, 1.807) is 27.7 Å². The highest BCUT2D eigenvalue weighted by Gasteiger charge is 2.20. The Morgan fingerprint density at radius 2 is 2.16 bits per heavy atom. The zero-order valence-corrected chi connectivity index (χ0v) is 11.5.